The van der Waals surface area contributed by atoms with Crippen molar-refractivity contribution in [2.75, 3.05) is 18.5 Å². The second-order valence-corrected chi connectivity index (χ2v) is 4.44. The van der Waals surface area contributed by atoms with E-state index in [1.165, 1.54) is 12.8 Å². The van der Waals surface area contributed by atoms with E-state index in [1.54, 1.807) is 0 Å². The predicted octanol–water partition coefficient (Wildman–Crippen LogP) is 3.46. The number of para-hydroxylation sites is 1. The normalized spacial score (nSPS) is 10.5. The molecule has 2 nitrogen and oxygen atoms in total. The number of halogens is 1. The van der Waals surface area contributed by atoms with Crippen molar-refractivity contribution in [2.24, 2.45) is 0 Å². The quantitative estimate of drug-likeness (QED) is 0.771. The molecule has 0 saturated heterocycles. The van der Waals surface area contributed by atoms with Gasteiger partial charge in [0.1, 0.15) is 0 Å². The Labute approximate surface area is 103 Å². The molecule has 0 unspecified atom stereocenters. The molecule has 16 heavy (non-hydrogen) atoms. The fourth-order valence-corrected chi connectivity index (χ4v) is 2.16. The smallest absolute Gasteiger partial charge is 0.0702 e. The molecule has 1 aromatic carbocycles. The number of aliphatic hydroxyl groups is 1. The van der Waals surface area contributed by atoms with Crippen molar-refractivity contribution in [3.05, 3.63) is 28.8 Å². The van der Waals surface area contributed by atoms with Gasteiger partial charge in [0.2, 0.25) is 0 Å². The molecular formula is C13H20ClNO. The molecule has 0 amide bonds. The van der Waals surface area contributed by atoms with Gasteiger partial charge >= 0.3 is 0 Å². The summed E-state index contributed by atoms with van der Waals surface area (Å²) in [6.07, 6.45) is 3.59. The largest absolute Gasteiger partial charge is 0.392 e. The van der Waals surface area contributed by atoms with E-state index in [4.69, 9.17) is 11.6 Å². The zero-order chi connectivity index (χ0) is 12.0. The second kappa shape index (κ2) is 6.77. The maximum absolute atomic E-state index is 9.28. The summed E-state index contributed by atoms with van der Waals surface area (Å²) in [5.41, 5.74) is 1.86. The monoisotopic (exact) mass is 241 g/mol. The summed E-state index contributed by atoms with van der Waals surface area (Å²) in [6, 6.07) is 5.65. The van der Waals surface area contributed by atoms with Crippen LogP contribution >= 0.6 is 11.6 Å². The van der Waals surface area contributed by atoms with Crippen LogP contribution in [0, 0.1) is 0 Å². The van der Waals surface area contributed by atoms with E-state index in [0.29, 0.717) is 5.02 Å². The second-order valence-electron chi connectivity index (χ2n) is 4.03. The molecule has 0 radical (unpaired) electrons. The Hall–Kier alpha value is -0.730. The van der Waals surface area contributed by atoms with Crippen LogP contribution in [0.5, 0.6) is 0 Å². The molecule has 0 atom stereocenters. The molecular weight excluding hydrogens is 222 g/mol. The molecule has 3 heteroatoms. The topological polar surface area (TPSA) is 23.5 Å². The standard InChI is InChI=1S/C13H20ClNO/c1-3-4-5-9-15(2)13-11(10-16)7-6-8-12(13)14/h6-8,16H,3-5,9-10H2,1-2H3. The van der Waals surface area contributed by atoms with Crippen molar-refractivity contribution in [1.82, 2.24) is 0 Å². The van der Waals surface area contributed by atoms with E-state index in [-0.39, 0.29) is 6.61 Å². The van der Waals surface area contributed by atoms with Crippen LogP contribution in [-0.2, 0) is 6.61 Å². The van der Waals surface area contributed by atoms with Crippen LogP contribution in [0.2, 0.25) is 5.02 Å². The van der Waals surface area contributed by atoms with Gasteiger partial charge in [0.25, 0.3) is 0 Å². The fourth-order valence-electron chi connectivity index (χ4n) is 1.83. The molecule has 0 bridgehead atoms. The molecule has 90 valence electrons. The number of rotatable bonds is 6. The average Bonchev–Trinajstić information content (AvgIpc) is 2.28. The van der Waals surface area contributed by atoms with Gasteiger partial charge in [0.05, 0.1) is 17.3 Å². The van der Waals surface area contributed by atoms with E-state index < -0.39 is 0 Å². The van der Waals surface area contributed by atoms with Gasteiger partial charge in [-0.1, -0.05) is 43.5 Å². The van der Waals surface area contributed by atoms with Crippen molar-refractivity contribution in [3.63, 3.8) is 0 Å². The van der Waals surface area contributed by atoms with Crippen molar-refractivity contribution in [2.45, 2.75) is 32.8 Å². The third-order valence-corrected chi connectivity index (χ3v) is 3.02. The van der Waals surface area contributed by atoms with E-state index in [1.807, 2.05) is 25.2 Å². The number of hydrogen-bond donors (Lipinski definition) is 1. The highest BCUT2D eigenvalue weighted by Crippen LogP contribution is 2.29. The molecule has 0 aromatic heterocycles. The summed E-state index contributed by atoms with van der Waals surface area (Å²) in [7, 11) is 2.02. The maximum Gasteiger partial charge on any atom is 0.0702 e. The summed E-state index contributed by atoms with van der Waals surface area (Å²) in [5, 5.41) is 9.99. The highest BCUT2D eigenvalue weighted by atomic mass is 35.5. The van der Waals surface area contributed by atoms with Crippen molar-refractivity contribution < 1.29 is 5.11 Å². The van der Waals surface area contributed by atoms with Crippen LogP contribution in [0.25, 0.3) is 0 Å². The van der Waals surface area contributed by atoms with E-state index in [2.05, 4.69) is 11.8 Å². The first kappa shape index (κ1) is 13.3. The number of hydrogen-bond acceptors (Lipinski definition) is 2. The van der Waals surface area contributed by atoms with Gasteiger partial charge in [-0.2, -0.15) is 0 Å². The Morgan fingerprint density at radius 2 is 2.06 bits per heavy atom. The van der Waals surface area contributed by atoms with Gasteiger partial charge in [-0.3, -0.25) is 0 Å². The molecule has 0 aliphatic rings. The zero-order valence-electron chi connectivity index (χ0n) is 10.0. The molecule has 0 aliphatic heterocycles. The average molecular weight is 242 g/mol. The van der Waals surface area contributed by atoms with Gasteiger partial charge in [-0.05, 0) is 12.5 Å². The van der Waals surface area contributed by atoms with Crippen LogP contribution in [0.4, 0.5) is 5.69 Å². The summed E-state index contributed by atoms with van der Waals surface area (Å²) < 4.78 is 0. The van der Waals surface area contributed by atoms with Crippen molar-refractivity contribution >= 4 is 17.3 Å². The lowest BCUT2D eigenvalue weighted by Crippen LogP contribution is -2.20. The van der Waals surface area contributed by atoms with Gasteiger partial charge in [0.15, 0.2) is 0 Å². The lowest BCUT2D eigenvalue weighted by atomic mass is 10.1. The summed E-state index contributed by atoms with van der Waals surface area (Å²) in [6.45, 7) is 3.20. The van der Waals surface area contributed by atoms with Crippen molar-refractivity contribution in [1.29, 1.82) is 0 Å². The van der Waals surface area contributed by atoms with Crippen molar-refractivity contribution in [3.8, 4) is 0 Å². The molecule has 1 rings (SSSR count). The van der Waals surface area contributed by atoms with Crippen LogP contribution in [0.1, 0.15) is 31.7 Å². The SMILES string of the molecule is CCCCCN(C)c1c(Cl)cccc1CO. The number of aliphatic hydroxyl groups excluding tert-OH is 1. The first-order valence-electron chi connectivity index (χ1n) is 5.80. The number of unbranched alkanes of at least 4 members (excludes halogenated alkanes) is 2. The van der Waals surface area contributed by atoms with Gasteiger partial charge in [0, 0.05) is 19.2 Å². The molecule has 0 saturated carbocycles. The minimum Gasteiger partial charge on any atom is -0.392 e. The summed E-state index contributed by atoms with van der Waals surface area (Å²) in [4.78, 5) is 2.13. The minimum absolute atomic E-state index is 0.0357. The molecule has 0 spiro atoms. The Morgan fingerprint density at radius 3 is 2.69 bits per heavy atom. The Balaban J connectivity index is 2.76. The van der Waals surface area contributed by atoms with Crippen LogP contribution < -0.4 is 4.90 Å². The van der Waals surface area contributed by atoms with Gasteiger partial charge < -0.3 is 10.0 Å². The molecule has 0 aliphatic carbocycles. The fraction of sp³-hybridized carbons (Fsp3) is 0.538. The van der Waals surface area contributed by atoms with Crippen LogP contribution in [0.3, 0.4) is 0 Å². The third kappa shape index (κ3) is 3.39. The first-order valence-corrected chi connectivity index (χ1v) is 6.17. The number of benzene rings is 1. The summed E-state index contributed by atoms with van der Waals surface area (Å²) in [5.74, 6) is 0. The van der Waals surface area contributed by atoms with E-state index in [0.717, 1.165) is 24.2 Å². The van der Waals surface area contributed by atoms with Crippen LogP contribution in [-0.4, -0.2) is 18.7 Å². The molecule has 0 fully saturated rings. The lowest BCUT2D eigenvalue weighted by molar-refractivity contribution is 0.282. The number of nitrogens with zero attached hydrogens (tertiary/aromatic N) is 1. The highest BCUT2D eigenvalue weighted by Gasteiger charge is 2.10. The van der Waals surface area contributed by atoms with Crippen LogP contribution in [0.15, 0.2) is 18.2 Å². The lowest BCUT2D eigenvalue weighted by Gasteiger charge is -2.23. The minimum atomic E-state index is 0.0357. The zero-order valence-corrected chi connectivity index (χ0v) is 10.8. The number of anilines is 1. The van der Waals surface area contributed by atoms with E-state index in [9.17, 15) is 5.11 Å². The predicted molar refractivity (Wildman–Crippen MR) is 70.2 cm³/mol. The molecule has 0 heterocycles. The Morgan fingerprint density at radius 1 is 1.31 bits per heavy atom. The van der Waals surface area contributed by atoms with Gasteiger partial charge in [-0.25, -0.2) is 0 Å². The Bertz CT molecular complexity index is 328. The molecule has 1 aromatic rings. The van der Waals surface area contributed by atoms with E-state index >= 15 is 0 Å². The Kier molecular flexibility index (Phi) is 5.64. The van der Waals surface area contributed by atoms with Gasteiger partial charge in [-0.15, -0.1) is 0 Å². The third-order valence-electron chi connectivity index (χ3n) is 2.72. The summed E-state index contributed by atoms with van der Waals surface area (Å²) >= 11 is 6.16. The maximum atomic E-state index is 9.28. The highest BCUT2D eigenvalue weighted by molar-refractivity contribution is 6.33. The first-order chi connectivity index (χ1) is 7.70. The molecule has 1 N–H and O–H groups in total.